The maximum Gasteiger partial charge on any atom is 0.311 e. The molecule has 3 N–H and O–H groups in total. The Balaban J connectivity index is 4.17. The minimum atomic E-state index is -0.933. The number of carboxylic acid groups (broad SMARTS) is 3. The van der Waals surface area contributed by atoms with E-state index >= 15 is 0 Å². The molecular formula is C36H68NO6+. The minimum absolute atomic E-state index is 0.222. The van der Waals surface area contributed by atoms with E-state index in [1.165, 1.54) is 96.3 Å². The van der Waals surface area contributed by atoms with Crippen molar-refractivity contribution in [3.05, 3.63) is 12.2 Å². The predicted octanol–water partition coefficient (Wildman–Crippen LogP) is 9.34. The molecule has 43 heavy (non-hydrogen) atoms. The first-order chi connectivity index (χ1) is 20.5. The summed E-state index contributed by atoms with van der Waals surface area (Å²) in [7, 11) is 0. The lowest BCUT2D eigenvalue weighted by Crippen LogP contribution is -2.57. The van der Waals surface area contributed by atoms with Crippen molar-refractivity contribution in [3.63, 3.8) is 0 Å². The van der Waals surface area contributed by atoms with Crippen molar-refractivity contribution in [1.29, 1.82) is 0 Å². The highest BCUT2D eigenvalue weighted by molar-refractivity contribution is 5.70. The van der Waals surface area contributed by atoms with Crippen LogP contribution in [0.5, 0.6) is 0 Å². The molecule has 252 valence electrons. The molecule has 0 aromatic heterocycles. The topological polar surface area (TPSA) is 112 Å². The van der Waals surface area contributed by atoms with E-state index in [4.69, 9.17) is 0 Å². The molecule has 0 aliphatic heterocycles. The van der Waals surface area contributed by atoms with Crippen molar-refractivity contribution in [1.82, 2.24) is 0 Å². The van der Waals surface area contributed by atoms with Gasteiger partial charge in [-0.1, -0.05) is 109 Å². The molecule has 0 fully saturated rings. The summed E-state index contributed by atoms with van der Waals surface area (Å²) < 4.78 is 0.222. The van der Waals surface area contributed by atoms with Gasteiger partial charge < -0.3 is 19.8 Å². The monoisotopic (exact) mass is 611 g/mol. The Hall–Kier alpha value is -1.89. The molecule has 0 heterocycles. The molecule has 0 radical (unpaired) electrons. The molecular weight excluding hydrogens is 542 g/mol. The minimum Gasteiger partial charge on any atom is -0.481 e. The Morgan fingerprint density at radius 1 is 0.488 bits per heavy atom. The Morgan fingerprint density at radius 3 is 1.07 bits per heavy atom. The van der Waals surface area contributed by atoms with Gasteiger partial charge in [-0.15, -0.1) is 0 Å². The molecule has 7 heteroatoms. The van der Waals surface area contributed by atoms with Crippen molar-refractivity contribution in [3.8, 4) is 0 Å². The number of hydrogen-bond donors (Lipinski definition) is 3. The van der Waals surface area contributed by atoms with Crippen LogP contribution in [0.4, 0.5) is 0 Å². The molecule has 7 nitrogen and oxygen atoms in total. The van der Waals surface area contributed by atoms with E-state index in [-0.39, 0.29) is 24.1 Å². The van der Waals surface area contributed by atoms with Crippen LogP contribution in [-0.2, 0) is 14.4 Å². The Bertz CT molecular complexity index is 697. The summed E-state index contributed by atoms with van der Waals surface area (Å²) in [6.45, 7) is 8.50. The zero-order valence-electron chi connectivity index (χ0n) is 28.4. The summed E-state index contributed by atoms with van der Waals surface area (Å²) in [6.07, 6.45) is 30.1. The van der Waals surface area contributed by atoms with Crippen LogP contribution < -0.4 is 0 Å². The first kappa shape index (κ1) is 41.1. The Kier molecular flexibility index (Phi) is 25.3. The van der Waals surface area contributed by atoms with Crippen LogP contribution in [0.15, 0.2) is 12.2 Å². The van der Waals surface area contributed by atoms with Crippen molar-refractivity contribution in [2.75, 3.05) is 26.2 Å². The number of hydrogen-bond acceptors (Lipinski definition) is 3. The van der Waals surface area contributed by atoms with Crippen LogP contribution in [0, 0.1) is 17.8 Å². The fourth-order valence-corrected chi connectivity index (χ4v) is 6.23. The van der Waals surface area contributed by atoms with Crippen molar-refractivity contribution < 1.29 is 34.2 Å². The number of carboxylic acids is 3. The number of unbranched alkanes of at least 4 members (excludes halogenated alkanes) is 18. The van der Waals surface area contributed by atoms with Crippen LogP contribution in [0.25, 0.3) is 0 Å². The molecule has 0 spiro atoms. The highest BCUT2D eigenvalue weighted by Gasteiger charge is 2.38. The van der Waals surface area contributed by atoms with Gasteiger partial charge in [-0.3, -0.25) is 14.4 Å². The normalized spacial score (nSPS) is 15.3. The van der Waals surface area contributed by atoms with E-state index in [0.717, 1.165) is 32.1 Å². The number of carbonyl (C=O) groups is 3. The quantitative estimate of drug-likeness (QED) is 0.0410. The molecule has 0 aliphatic carbocycles. The van der Waals surface area contributed by atoms with Crippen LogP contribution in [-0.4, -0.2) is 63.9 Å². The van der Waals surface area contributed by atoms with Gasteiger partial charge in [0, 0.05) is 0 Å². The molecule has 0 rings (SSSR count). The van der Waals surface area contributed by atoms with Crippen LogP contribution in [0.1, 0.15) is 156 Å². The molecule has 0 aromatic carbocycles. The van der Waals surface area contributed by atoms with Crippen LogP contribution in [0.3, 0.4) is 0 Å². The third-order valence-corrected chi connectivity index (χ3v) is 8.89. The fraction of sp³-hybridized carbons (Fsp3) is 0.861. The van der Waals surface area contributed by atoms with Gasteiger partial charge in [-0.2, -0.15) is 0 Å². The summed E-state index contributed by atoms with van der Waals surface area (Å²) in [5.74, 6) is -4.81. The van der Waals surface area contributed by atoms with Gasteiger partial charge in [0.15, 0.2) is 0 Å². The van der Waals surface area contributed by atoms with Gasteiger partial charge >= 0.3 is 17.9 Å². The van der Waals surface area contributed by atoms with E-state index in [1.54, 1.807) is 20.8 Å². The second-order valence-corrected chi connectivity index (χ2v) is 13.4. The van der Waals surface area contributed by atoms with Gasteiger partial charge in [0.25, 0.3) is 0 Å². The molecule has 0 saturated heterocycles. The second-order valence-electron chi connectivity index (χ2n) is 13.4. The average molecular weight is 611 g/mol. The van der Waals surface area contributed by atoms with E-state index in [1.807, 2.05) is 0 Å². The number of allylic oxidation sites excluding steroid dienone is 2. The highest BCUT2D eigenvalue weighted by Crippen LogP contribution is 2.22. The zero-order chi connectivity index (χ0) is 32.3. The predicted molar refractivity (Wildman–Crippen MR) is 177 cm³/mol. The van der Waals surface area contributed by atoms with Gasteiger partial charge in [0.2, 0.25) is 0 Å². The number of rotatable bonds is 31. The largest absolute Gasteiger partial charge is 0.481 e. The number of nitrogens with zero attached hydrogens (tertiary/aromatic N) is 1. The molecule has 0 saturated carbocycles. The maximum absolute atomic E-state index is 11.6. The Morgan fingerprint density at radius 2 is 0.767 bits per heavy atom. The van der Waals surface area contributed by atoms with Crippen LogP contribution >= 0.6 is 0 Å². The molecule has 0 amide bonds. The SMILES string of the molecule is CCCCCCCCCCCCC/C=C/CCCCCCCCC[N+](CC(C)C(=O)O)(CC(C)C(=O)O)CC(C)C(=O)O. The first-order valence-corrected chi connectivity index (χ1v) is 17.7. The van der Waals surface area contributed by atoms with E-state index in [2.05, 4.69) is 19.1 Å². The number of quaternary nitrogens is 1. The highest BCUT2D eigenvalue weighted by atomic mass is 16.4. The van der Waals surface area contributed by atoms with Gasteiger partial charge in [0.1, 0.15) is 17.8 Å². The third-order valence-electron chi connectivity index (χ3n) is 8.89. The van der Waals surface area contributed by atoms with Crippen molar-refractivity contribution in [2.24, 2.45) is 17.8 Å². The van der Waals surface area contributed by atoms with E-state index < -0.39 is 35.7 Å². The first-order valence-electron chi connectivity index (χ1n) is 17.7. The smallest absolute Gasteiger partial charge is 0.311 e. The lowest BCUT2D eigenvalue weighted by molar-refractivity contribution is -0.934. The fourth-order valence-electron chi connectivity index (χ4n) is 6.23. The van der Waals surface area contributed by atoms with Gasteiger partial charge in [0.05, 0.1) is 26.2 Å². The third kappa shape index (κ3) is 23.2. The number of aliphatic carboxylic acids is 3. The molecule has 3 atom stereocenters. The van der Waals surface area contributed by atoms with E-state index in [9.17, 15) is 29.7 Å². The van der Waals surface area contributed by atoms with Crippen molar-refractivity contribution in [2.45, 2.75) is 156 Å². The molecule has 0 aromatic rings. The lowest BCUT2D eigenvalue weighted by Gasteiger charge is -2.42. The summed E-state index contributed by atoms with van der Waals surface area (Å²) in [6, 6.07) is 0. The standard InChI is InChI=1S/C36H67NO6/c1-5-6-7-8-9-10-11-12-13-14-15-16-17-18-19-20-21-22-23-24-25-26-27-37(28-31(2)34(38)39,29-32(3)35(40)41)30-33(4)36(42)43/h17-18,31-33H,5-16,19-30H2,1-4H3,(H2-,38,39,40,41,42,43)/p+1/b18-17+. The van der Waals surface area contributed by atoms with Gasteiger partial charge in [-0.05, 0) is 59.3 Å². The van der Waals surface area contributed by atoms with Gasteiger partial charge in [-0.25, -0.2) is 0 Å². The van der Waals surface area contributed by atoms with Crippen LogP contribution in [0.2, 0.25) is 0 Å². The van der Waals surface area contributed by atoms with E-state index in [0.29, 0.717) is 6.54 Å². The summed E-state index contributed by atoms with van der Waals surface area (Å²) in [5.41, 5.74) is 0. The maximum atomic E-state index is 11.6. The summed E-state index contributed by atoms with van der Waals surface area (Å²) in [4.78, 5) is 34.9. The zero-order valence-corrected chi connectivity index (χ0v) is 28.4. The Labute approximate surface area is 264 Å². The summed E-state index contributed by atoms with van der Waals surface area (Å²) >= 11 is 0. The summed E-state index contributed by atoms with van der Waals surface area (Å²) in [5, 5.41) is 28.6. The second kappa shape index (κ2) is 26.5. The molecule has 3 unspecified atom stereocenters. The molecule has 0 bridgehead atoms. The van der Waals surface area contributed by atoms with Crippen molar-refractivity contribution >= 4 is 17.9 Å². The lowest BCUT2D eigenvalue weighted by atomic mass is 10.0. The molecule has 0 aliphatic rings. The average Bonchev–Trinajstić information content (AvgIpc) is 2.95.